The van der Waals surface area contributed by atoms with Gasteiger partial charge in [0.15, 0.2) is 0 Å². The van der Waals surface area contributed by atoms with Gasteiger partial charge in [0.25, 0.3) is 0 Å². The molecule has 0 aliphatic heterocycles. The van der Waals surface area contributed by atoms with Crippen molar-refractivity contribution in [3.8, 4) is 0 Å². The van der Waals surface area contributed by atoms with Gasteiger partial charge in [-0.15, -0.1) is 0 Å². The van der Waals surface area contributed by atoms with E-state index in [1.165, 1.54) is 0 Å². The van der Waals surface area contributed by atoms with Crippen molar-refractivity contribution in [3.63, 3.8) is 0 Å². The van der Waals surface area contributed by atoms with Gasteiger partial charge in [-0.05, 0) is 31.0 Å². The van der Waals surface area contributed by atoms with Crippen LogP contribution >= 0.6 is 0 Å². The average Bonchev–Trinajstić information content (AvgIpc) is 2.67. The van der Waals surface area contributed by atoms with Crippen molar-refractivity contribution in [2.75, 3.05) is 13.2 Å². The van der Waals surface area contributed by atoms with Crippen molar-refractivity contribution in [3.05, 3.63) is 41.7 Å². The van der Waals surface area contributed by atoms with Crippen LogP contribution in [-0.4, -0.2) is 28.7 Å². The van der Waals surface area contributed by atoms with E-state index >= 15 is 0 Å². The number of nitrogens with zero attached hydrogens (tertiary/aromatic N) is 1. The Bertz CT molecular complexity index is 530. The number of carbonyl (C=O) groups is 1. The monoisotopic (exact) mass is 233 g/mol. The molecule has 90 valence electrons. The Morgan fingerprint density at radius 3 is 3.00 bits per heavy atom. The first kappa shape index (κ1) is 11.7. The SMILES string of the molecule is CCOCCc1cn2ccccc2c1C(=O)O. The van der Waals surface area contributed by atoms with E-state index in [9.17, 15) is 9.90 Å². The van der Waals surface area contributed by atoms with E-state index in [4.69, 9.17) is 4.74 Å². The molecule has 2 rings (SSSR count). The molecular weight excluding hydrogens is 218 g/mol. The Labute approximate surface area is 99.4 Å². The Morgan fingerprint density at radius 2 is 2.29 bits per heavy atom. The number of carboxylic acids is 1. The van der Waals surface area contributed by atoms with E-state index in [1.807, 2.05) is 41.9 Å². The van der Waals surface area contributed by atoms with Crippen LogP contribution in [0.15, 0.2) is 30.6 Å². The maximum atomic E-state index is 11.3. The van der Waals surface area contributed by atoms with E-state index in [1.54, 1.807) is 0 Å². The van der Waals surface area contributed by atoms with Crippen LogP contribution in [0.3, 0.4) is 0 Å². The highest BCUT2D eigenvalue weighted by molar-refractivity contribution is 5.97. The second kappa shape index (κ2) is 5.01. The number of aromatic nitrogens is 1. The van der Waals surface area contributed by atoms with E-state index in [-0.39, 0.29) is 0 Å². The zero-order valence-corrected chi connectivity index (χ0v) is 9.72. The first-order valence-corrected chi connectivity index (χ1v) is 5.63. The summed E-state index contributed by atoms with van der Waals surface area (Å²) >= 11 is 0. The summed E-state index contributed by atoms with van der Waals surface area (Å²) in [5.41, 5.74) is 1.92. The minimum absolute atomic E-state index is 0.380. The van der Waals surface area contributed by atoms with Crippen LogP contribution in [0.5, 0.6) is 0 Å². The summed E-state index contributed by atoms with van der Waals surface area (Å²) < 4.78 is 7.10. The third kappa shape index (κ3) is 2.31. The number of aromatic carboxylic acids is 1. The van der Waals surface area contributed by atoms with Crippen LogP contribution < -0.4 is 0 Å². The van der Waals surface area contributed by atoms with Gasteiger partial charge in [0, 0.05) is 19.0 Å². The van der Waals surface area contributed by atoms with E-state index in [0.717, 1.165) is 11.1 Å². The molecule has 0 saturated carbocycles. The van der Waals surface area contributed by atoms with Crippen LogP contribution in [0.2, 0.25) is 0 Å². The molecule has 0 aliphatic carbocycles. The predicted octanol–water partition coefficient (Wildman–Crippen LogP) is 2.22. The lowest BCUT2D eigenvalue weighted by molar-refractivity contribution is 0.0697. The zero-order valence-electron chi connectivity index (χ0n) is 9.72. The molecule has 2 aromatic rings. The highest BCUT2D eigenvalue weighted by atomic mass is 16.5. The second-order valence-electron chi connectivity index (χ2n) is 3.77. The van der Waals surface area contributed by atoms with E-state index in [2.05, 4.69) is 0 Å². The van der Waals surface area contributed by atoms with Crippen molar-refractivity contribution >= 4 is 11.5 Å². The maximum Gasteiger partial charge on any atom is 0.338 e. The van der Waals surface area contributed by atoms with Crippen molar-refractivity contribution in [2.45, 2.75) is 13.3 Å². The van der Waals surface area contributed by atoms with Crippen molar-refractivity contribution in [1.29, 1.82) is 0 Å². The summed E-state index contributed by atoms with van der Waals surface area (Å²) in [4.78, 5) is 11.3. The number of hydrogen-bond donors (Lipinski definition) is 1. The molecule has 17 heavy (non-hydrogen) atoms. The topological polar surface area (TPSA) is 50.9 Å². The van der Waals surface area contributed by atoms with Crippen LogP contribution in [0.4, 0.5) is 0 Å². The van der Waals surface area contributed by atoms with Crippen molar-refractivity contribution in [1.82, 2.24) is 4.40 Å². The largest absolute Gasteiger partial charge is 0.478 e. The summed E-state index contributed by atoms with van der Waals surface area (Å²) in [5.74, 6) is -0.884. The van der Waals surface area contributed by atoms with Crippen molar-refractivity contribution < 1.29 is 14.6 Å². The standard InChI is InChI=1S/C13H15NO3/c1-2-17-8-6-10-9-14-7-4-3-5-11(14)12(10)13(15)16/h3-5,7,9H,2,6,8H2,1H3,(H,15,16). The van der Waals surface area contributed by atoms with Gasteiger partial charge in [-0.2, -0.15) is 0 Å². The summed E-state index contributed by atoms with van der Waals surface area (Å²) in [6, 6.07) is 5.53. The first-order valence-electron chi connectivity index (χ1n) is 5.63. The smallest absolute Gasteiger partial charge is 0.338 e. The average molecular weight is 233 g/mol. The minimum atomic E-state index is -0.884. The van der Waals surface area contributed by atoms with E-state index in [0.29, 0.717) is 25.2 Å². The molecule has 2 heterocycles. The molecule has 0 aromatic carbocycles. The Kier molecular flexibility index (Phi) is 3.44. The number of pyridine rings is 1. The fraction of sp³-hybridized carbons (Fsp3) is 0.308. The lowest BCUT2D eigenvalue weighted by Gasteiger charge is -2.00. The molecule has 4 heteroatoms. The van der Waals surface area contributed by atoms with Crippen molar-refractivity contribution in [2.24, 2.45) is 0 Å². The molecule has 0 saturated heterocycles. The van der Waals surface area contributed by atoms with Gasteiger partial charge in [0.2, 0.25) is 0 Å². The third-order valence-corrected chi connectivity index (χ3v) is 2.70. The maximum absolute atomic E-state index is 11.3. The molecule has 4 nitrogen and oxygen atoms in total. The lowest BCUT2D eigenvalue weighted by atomic mass is 10.1. The van der Waals surface area contributed by atoms with Gasteiger partial charge in [-0.25, -0.2) is 4.79 Å². The fourth-order valence-corrected chi connectivity index (χ4v) is 1.94. The molecule has 0 radical (unpaired) electrons. The molecule has 1 N–H and O–H groups in total. The Morgan fingerprint density at radius 1 is 1.47 bits per heavy atom. The molecular formula is C13H15NO3. The Hall–Kier alpha value is -1.81. The molecule has 0 aliphatic rings. The molecule has 0 bridgehead atoms. The Balaban J connectivity index is 2.39. The normalized spacial score (nSPS) is 10.9. The number of fused-ring (bicyclic) bond motifs is 1. The van der Waals surface area contributed by atoms with Gasteiger partial charge >= 0.3 is 5.97 Å². The summed E-state index contributed by atoms with van der Waals surface area (Å²) in [6.45, 7) is 3.12. The number of carboxylic acid groups (broad SMARTS) is 1. The lowest BCUT2D eigenvalue weighted by Crippen LogP contribution is -2.03. The highest BCUT2D eigenvalue weighted by Crippen LogP contribution is 2.19. The molecule has 0 spiro atoms. The highest BCUT2D eigenvalue weighted by Gasteiger charge is 2.16. The predicted molar refractivity (Wildman–Crippen MR) is 64.6 cm³/mol. The van der Waals surface area contributed by atoms with Gasteiger partial charge < -0.3 is 14.2 Å². The molecule has 2 aromatic heterocycles. The van der Waals surface area contributed by atoms with Crippen LogP contribution in [-0.2, 0) is 11.2 Å². The number of rotatable bonds is 5. The zero-order chi connectivity index (χ0) is 12.3. The second-order valence-corrected chi connectivity index (χ2v) is 3.77. The van der Waals surface area contributed by atoms with Gasteiger partial charge in [-0.3, -0.25) is 0 Å². The minimum Gasteiger partial charge on any atom is -0.478 e. The summed E-state index contributed by atoms with van der Waals surface area (Å²) in [7, 11) is 0. The molecule has 0 atom stereocenters. The summed E-state index contributed by atoms with van der Waals surface area (Å²) in [5, 5.41) is 9.25. The quantitative estimate of drug-likeness (QED) is 0.805. The molecule has 0 amide bonds. The first-order chi connectivity index (χ1) is 8.24. The third-order valence-electron chi connectivity index (χ3n) is 2.70. The van der Waals surface area contributed by atoms with E-state index < -0.39 is 5.97 Å². The fourth-order valence-electron chi connectivity index (χ4n) is 1.94. The summed E-state index contributed by atoms with van der Waals surface area (Å²) in [6.07, 6.45) is 4.33. The number of hydrogen-bond acceptors (Lipinski definition) is 2. The molecule has 0 fully saturated rings. The van der Waals surface area contributed by atoms with Gasteiger partial charge in [0.05, 0.1) is 17.7 Å². The van der Waals surface area contributed by atoms with Crippen LogP contribution in [0.25, 0.3) is 5.52 Å². The van der Waals surface area contributed by atoms with Crippen LogP contribution in [0.1, 0.15) is 22.8 Å². The molecule has 0 unspecified atom stereocenters. The van der Waals surface area contributed by atoms with Gasteiger partial charge in [-0.1, -0.05) is 6.07 Å². The van der Waals surface area contributed by atoms with Crippen LogP contribution in [0, 0.1) is 0 Å². The van der Waals surface area contributed by atoms with Gasteiger partial charge in [0.1, 0.15) is 0 Å². The number of ether oxygens (including phenoxy) is 1.